The van der Waals surface area contributed by atoms with Gasteiger partial charge in [-0.2, -0.15) is 0 Å². The number of rotatable bonds is 3. The first-order chi connectivity index (χ1) is 11.3. The van der Waals surface area contributed by atoms with Crippen LogP contribution in [-0.2, 0) is 9.53 Å². The number of nitrogens with zero attached hydrogens (tertiary/aromatic N) is 2. The molecule has 24 heavy (non-hydrogen) atoms. The number of carboxylic acids is 1. The van der Waals surface area contributed by atoms with Gasteiger partial charge in [0.05, 0.1) is 22.4 Å². The first kappa shape index (κ1) is 16.3. The maximum Gasteiger partial charge on any atom is 0.334 e. The maximum atomic E-state index is 12.7. The Morgan fingerprint density at radius 2 is 2.12 bits per heavy atom. The summed E-state index contributed by atoms with van der Waals surface area (Å²) in [6, 6.07) is 6.02. The largest absolute Gasteiger partial charge is 0.479 e. The minimum Gasteiger partial charge on any atom is -0.479 e. The van der Waals surface area contributed by atoms with Gasteiger partial charge in [0, 0.05) is 28.8 Å². The molecule has 0 aliphatic carbocycles. The highest BCUT2D eigenvalue weighted by molar-refractivity contribution is 7.20. The van der Waals surface area contributed by atoms with E-state index >= 15 is 0 Å². The van der Waals surface area contributed by atoms with E-state index in [0.717, 1.165) is 4.70 Å². The van der Waals surface area contributed by atoms with E-state index in [-0.39, 0.29) is 24.2 Å². The van der Waals surface area contributed by atoms with E-state index in [1.807, 2.05) is 0 Å². The summed E-state index contributed by atoms with van der Waals surface area (Å²) in [6.45, 7) is 1.99. The number of carbonyl (C=O) groups is 2. The molecular weight excluding hydrogens is 336 g/mol. The lowest BCUT2D eigenvalue weighted by atomic mass is 10.2. The predicted molar refractivity (Wildman–Crippen MR) is 86.4 cm³/mol. The summed E-state index contributed by atoms with van der Waals surface area (Å²) in [7, 11) is 0. The van der Waals surface area contributed by atoms with E-state index in [1.54, 1.807) is 19.1 Å². The van der Waals surface area contributed by atoms with E-state index < -0.39 is 17.0 Å². The van der Waals surface area contributed by atoms with Gasteiger partial charge in [-0.25, -0.2) is 4.79 Å². The second kappa shape index (κ2) is 6.17. The number of carbonyl (C=O) groups excluding carboxylic acids is 1. The number of amides is 1. The lowest BCUT2D eigenvalue weighted by Crippen LogP contribution is -2.51. The van der Waals surface area contributed by atoms with Crippen LogP contribution in [0.15, 0.2) is 24.3 Å². The predicted octanol–water partition coefficient (Wildman–Crippen LogP) is 2.12. The highest BCUT2D eigenvalue weighted by atomic mass is 32.1. The zero-order valence-electron chi connectivity index (χ0n) is 12.7. The Labute approximate surface area is 140 Å². The fourth-order valence-corrected chi connectivity index (χ4v) is 3.67. The van der Waals surface area contributed by atoms with Gasteiger partial charge in [-0.05, 0) is 19.1 Å². The Balaban J connectivity index is 1.87. The molecule has 1 aromatic carbocycles. The van der Waals surface area contributed by atoms with Gasteiger partial charge in [0.2, 0.25) is 0 Å². The Morgan fingerprint density at radius 1 is 1.38 bits per heavy atom. The summed E-state index contributed by atoms with van der Waals surface area (Å²) in [5, 5.41) is 20.6. The maximum absolute atomic E-state index is 12.7. The summed E-state index contributed by atoms with van der Waals surface area (Å²) in [5.41, 5.74) is -0.0368. The number of nitro groups is 1. The Bertz CT molecular complexity index is 832. The second-order valence-corrected chi connectivity index (χ2v) is 6.66. The van der Waals surface area contributed by atoms with Crippen molar-refractivity contribution in [2.24, 2.45) is 0 Å². The molecule has 1 aliphatic rings. The lowest BCUT2D eigenvalue weighted by Gasteiger charge is -2.34. The molecule has 2 atom stereocenters. The van der Waals surface area contributed by atoms with Crippen molar-refractivity contribution >= 4 is 39.0 Å². The number of thiophene rings is 1. The third-order valence-corrected chi connectivity index (χ3v) is 4.85. The molecule has 1 fully saturated rings. The van der Waals surface area contributed by atoms with Crippen LogP contribution in [0.5, 0.6) is 0 Å². The number of benzene rings is 1. The Kier molecular flexibility index (Phi) is 4.20. The van der Waals surface area contributed by atoms with Gasteiger partial charge in [0.1, 0.15) is 0 Å². The van der Waals surface area contributed by atoms with Gasteiger partial charge in [0.25, 0.3) is 11.6 Å². The molecule has 1 N–H and O–H groups in total. The van der Waals surface area contributed by atoms with Gasteiger partial charge in [-0.1, -0.05) is 0 Å². The van der Waals surface area contributed by atoms with Gasteiger partial charge >= 0.3 is 5.97 Å². The van der Waals surface area contributed by atoms with Gasteiger partial charge < -0.3 is 14.7 Å². The number of non-ortho nitro benzene ring substituents is 1. The van der Waals surface area contributed by atoms with Crippen molar-refractivity contribution in [3.8, 4) is 0 Å². The van der Waals surface area contributed by atoms with Crippen LogP contribution in [0.25, 0.3) is 10.1 Å². The van der Waals surface area contributed by atoms with Crippen molar-refractivity contribution in [2.75, 3.05) is 13.1 Å². The third-order valence-electron chi connectivity index (χ3n) is 3.74. The van der Waals surface area contributed by atoms with Crippen molar-refractivity contribution in [1.29, 1.82) is 0 Å². The molecule has 1 amide bonds. The number of morpholine rings is 1. The van der Waals surface area contributed by atoms with Crippen molar-refractivity contribution in [2.45, 2.75) is 19.1 Å². The number of aliphatic carboxylic acids is 1. The molecule has 9 heteroatoms. The lowest BCUT2D eigenvalue weighted by molar-refractivity contribution is -0.384. The van der Waals surface area contributed by atoms with Gasteiger partial charge in [-0.15, -0.1) is 11.3 Å². The number of hydrogen-bond acceptors (Lipinski definition) is 6. The fourth-order valence-electron chi connectivity index (χ4n) is 2.66. The molecule has 1 saturated heterocycles. The normalized spacial score (nSPS) is 21.0. The van der Waals surface area contributed by atoms with E-state index in [9.17, 15) is 19.7 Å². The molecule has 1 aromatic heterocycles. The smallest absolute Gasteiger partial charge is 0.334 e. The molecule has 0 spiro atoms. The number of hydrogen-bond donors (Lipinski definition) is 1. The number of carboxylic acid groups (broad SMARTS) is 1. The van der Waals surface area contributed by atoms with Gasteiger partial charge in [0.15, 0.2) is 6.10 Å². The average molecular weight is 350 g/mol. The van der Waals surface area contributed by atoms with Crippen LogP contribution in [0.1, 0.15) is 16.6 Å². The topological polar surface area (TPSA) is 110 Å². The standard InChI is InChI=1S/C15H14N2O6S/c1-8-6-16(7-11(23-8)15(19)20)14(18)13-5-9-4-10(17(21)22)2-3-12(9)24-13/h2-5,8,11H,6-7H2,1H3,(H,19,20)/t8-,11?/m1/s1. The molecular formula is C15H14N2O6S. The molecule has 1 aliphatic heterocycles. The molecule has 126 valence electrons. The molecule has 3 rings (SSSR count). The summed E-state index contributed by atoms with van der Waals surface area (Å²) < 4.78 is 6.06. The summed E-state index contributed by atoms with van der Waals surface area (Å²) in [6.07, 6.45) is -1.42. The molecule has 1 unspecified atom stereocenters. The minimum absolute atomic E-state index is 0.0209. The van der Waals surface area contributed by atoms with Crippen LogP contribution >= 0.6 is 11.3 Å². The van der Waals surface area contributed by atoms with Crippen LogP contribution in [0.2, 0.25) is 0 Å². The third kappa shape index (κ3) is 3.08. The molecule has 8 nitrogen and oxygen atoms in total. The average Bonchev–Trinajstić information content (AvgIpc) is 2.96. The highest BCUT2D eigenvalue weighted by Gasteiger charge is 2.33. The second-order valence-electron chi connectivity index (χ2n) is 5.57. The van der Waals surface area contributed by atoms with Crippen LogP contribution < -0.4 is 0 Å². The first-order valence-electron chi connectivity index (χ1n) is 7.20. The Morgan fingerprint density at radius 3 is 2.79 bits per heavy atom. The van der Waals surface area contributed by atoms with Crippen LogP contribution in [0.4, 0.5) is 5.69 Å². The van der Waals surface area contributed by atoms with Gasteiger partial charge in [-0.3, -0.25) is 14.9 Å². The summed E-state index contributed by atoms with van der Waals surface area (Å²) in [5.74, 6) is -1.40. The van der Waals surface area contributed by atoms with Crippen LogP contribution in [0.3, 0.4) is 0 Å². The number of fused-ring (bicyclic) bond motifs is 1. The molecule has 0 saturated carbocycles. The fraction of sp³-hybridized carbons (Fsp3) is 0.333. The quantitative estimate of drug-likeness (QED) is 0.671. The minimum atomic E-state index is -1.11. The van der Waals surface area contributed by atoms with E-state index in [4.69, 9.17) is 9.84 Å². The molecule has 2 aromatic rings. The zero-order chi connectivity index (χ0) is 17.4. The van der Waals surface area contributed by atoms with E-state index in [1.165, 1.54) is 28.4 Å². The van der Waals surface area contributed by atoms with Crippen molar-refractivity contribution in [1.82, 2.24) is 4.90 Å². The molecule has 2 heterocycles. The Hall–Kier alpha value is -2.52. The van der Waals surface area contributed by atoms with Crippen molar-refractivity contribution in [3.63, 3.8) is 0 Å². The monoisotopic (exact) mass is 350 g/mol. The SMILES string of the molecule is C[C@@H]1CN(C(=O)c2cc3cc([N+](=O)[O-])ccc3s2)CC(C(=O)O)O1. The number of nitro benzene ring substituents is 1. The molecule has 0 bridgehead atoms. The van der Waals surface area contributed by atoms with Crippen LogP contribution in [0, 0.1) is 10.1 Å². The van der Waals surface area contributed by atoms with E-state index in [0.29, 0.717) is 16.8 Å². The number of ether oxygens (including phenoxy) is 1. The van der Waals surface area contributed by atoms with E-state index in [2.05, 4.69) is 0 Å². The summed E-state index contributed by atoms with van der Waals surface area (Å²) >= 11 is 1.23. The van der Waals surface area contributed by atoms with Crippen molar-refractivity contribution in [3.05, 3.63) is 39.3 Å². The highest BCUT2D eigenvalue weighted by Crippen LogP contribution is 2.30. The zero-order valence-corrected chi connectivity index (χ0v) is 13.5. The van der Waals surface area contributed by atoms with Crippen LogP contribution in [-0.4, -0.2) is 52.1 Å². The van der Waals surface area contributed by atoms with Crippen molar-refractivity contribution < 1.29 is 24.4 Å². The summed E-state index contributed by atoms with van der Waals surface area (Å²) in [4.78, 5) is 36.0. The first-order valence-corrected chi connectivity index (χ1v) is 8.02. The molecule has 0 radical (unpaired) electrons.